The maximum atomic E-state index is 14.3. The molecule has 1 saturated carbocycles. The van der Waals surface area contributed by atoms with E-state index in [4.69, 9.17) is 9.47 Å². The first-order chi connectivity index (χ1) is 22.4. The van der Waals surface area contributed by atoms with Crippen molar-refractivity contribution < 1.29 is 37.4 Å². The number of aliphatic hydroxyl groups is 1. The zero-order valence-electron chi connectivity index (χ0n) is 27.0. The first-order valence-corrected chi connectivity index (χ1v) is 17.2. The molecule has 2 amide bonds. The summed E-state index contributed by atoms with van der Waals surface area (Å²) in [6, 6.07) is 9.99. The zero-order valence-corrected chi connectivity index (χ0v) is 27.8. The molecule has 12 nitrogen and oxygen atoms in total. The van der Waals surface area contributed by atoms with Crippen LogP contribution in [0, 0.1) is 0 Å². The topological polar surface area (TPSA) is 147 Å². The van der Waals surface area contributed by atoms with Crippen LogP contribution in [0.15, 0.2) is 42.0 Å². The van der Waals surface area contributed by atoms with E-state index in [1.807, 2.05) is 34.9 Å². The van der Waals surface area contributed by atoms with E-state index in [9.17, 15) is 27.9 Å². The highest BCUT2D eigenvalue weighted by molar-refractivity contribution is 7.87. The predicted molar refractivity (Wildman–Crippen MR) is 176 cm³/mol. The van der Waals surface area contributed by atoms with Gasteiger partial charge >= 0.3 is 16.2 Å². The van der Waals surface area contributed by atoms with Gasteiger partial charge in [0.25, 0.3) is 11.8 Å². The molecular formula is C34H40N4O8S. The molecule has 2 aromatic carbocycles. The molecule has 2 atom stereocenters. The van der Waals surface area contributed by atoms with Crippen LogP contribution in [0.25, 0.3) is 28.2 Å². The Balaban J connectivity index is 1.56. The van der Waals surface area contributed by atoms with E-state index in [0.717, 1.165) is 64.2 Å². The molecule has 1 saturated heterocycles. The molecule has 0 bridgehead atoms. The van der Waals surface area contributed by atoms with E-state index < -0.39 is 40.1 Å². The molecule has 3 aromatic rings. The van der Waals surface area contributed by atoms with Crippen molar-refractivity contribution in [1.29, 1.82) is 0 Å². The van der Waals surface area contributed by atoms with Crippen molar-refractivity contribution in [3.05, 3.63) is 58.7 Å². The number of aromatic nitrogens is 1. The number of benzene rings is 2. The fourth-order valence-corrected chi connectivity index (χ4v) is 7.70. The summed E-state index contributed by atoms with van der Waals surface area (Å²) in [4.78, 5) is 41.6. The Morgan fingerprint density at radius 3 is 2.45 bits per heavy atom. The van der Waals surface area contributed by atoms with Gasteiger partial charge in [-0.15, -0.1) is 0 Å². The Kier molecular flexibility index (Phi) is 8.90. The highest BCUT2D eigenvalue weighted by Crippen LogP contribution is 2.47. The Labute approximate surface area is 274 Å². The molecule has 1 aliphatic carbocycles. The maximum absolute atomic E-state index is 14.3. The molecule has 1 aromatic heterocycles. The molecule has 0 spiro atoms. The van der Waals surface area contributed by atoms with E-state index in [-0.39, 0.29) is 31.0 Å². The van der Waals surface area contributed by atoms with Crippen molar-refractivity contribution in [2.24, 2.45) is 0 Å². The number of rotatable bonds is 7. The van der Waals surface area contributed by atoms with Crippen molar-refractivity contribution >= 4 is 45.0 Å². The van der Waals surface area contributed by atoms with E-state index in [0.29, 0.717) is 16.8 Å². The normalized spacial score (nSPS) is 20.0. The number of amides is 2. The minimum atomic E-state index is -4.03. The summed E-state index contributed by atoms with van der Waals surface area (Å²) >= 11 is 0. The van der Waals surface area contributed by atoms with Crippen LogP contribution in [0.2, 0.25) is 0 Å². The lowest BCUT2D eigenvalue weighted by Crippen LogP contribution is -2.42. The van der Waals surface area contributed by atoms with Crippen LogP contribution in [-0.2, 0) is 31.1 Å². The maximum Gasteiger partial charge on any atom is 0.328 e. The molecule has 3 heterocycles. The number of hydrogen-bond acceptors (Lipinski definition) is 8. The molecule has 3 aliphatic rings. The number of β-amino-alcohol motifs (C(OH)–C–C–N with tert-alkyl or cyclic N) is 1. The van der Waals surface area contributed by atoms with E-state index in [1.54, 1.807) is 19.2 Å². The Bertz CT molecular complexity index is 1890. The number of nitrogens with one attached hydrogen (secondary N) is 1. The largest absolute Gasteiger partial charge is 0.497 e. The number of methoxy groups -OCH3 is 2. The lowest BCUT2D eigenvalue weighted by Gasteiger charge is -2.24. The third-order valence-corrected chi connectivity index (χ3v) is 10.9. The number of carbonyl (C=O) groups excluding carboxylic acids is 3. The number of nitrogens with zero attached hydrogens (tertiary/aromatic N) is 3. The second kappa shape index (κ2) is 12.8. The van der Waals surface area contributed by atoms with Crippen LogP contribution in [0.5, 0.6) is 5.75 Å². The Hall–Kier alpha value is -4.20. The summed E-state index contributed by atoms with van der Waals surface area (Å²) in [5.41, 5.74) is 4.91. The molecule has 47 heavy (non-hydrogen) atoms. The zero-order chi connectivity index (χ0) is 33.6. The minimum Gasteiger partial charge on any atom is -0.497 e. The average molecular weight is 665 g/mol. The predicted octanol–water partition coefficient (Wildman–Crippen LogP) is 3.43. The molecule has 6 rings (SSSR count). The van der Waals surface area contributed by atoms with E-state index in [1.165, 1.54) is 26.1 Å². The highest BCUT2D eigenvalue weighted by atomic mass is 32.2. The van der Waals surface area contributed by atoms with Crippen molar-refractivity contribution in [2.75, 3.05) is 34.9 Å². The quantitative estimate of drug-likeness (QED) is 0.366. The SMILES string of the molecule is COC(=O)C1CC(O)CN1C(=O)C1=Cc2cc(OC)ccc2-c2c(C3CCCCC3)c3ccc(C(=O)NS(=O)(=O)N(C)C)cc3n2C1. The van der Waals surface area contributed by atoms with Crippen molar-refractivity contribution in [2.45, 2.75) is 63.1 Å². The number of ether oxygens (including phenoxy) is 2. The molecule has 13 heteroatoms. The summed E-state index contributed by atoms with van der Waals surface area (Å²) in [5, 5.41) is 11.4. The third-order valence-electron chi connectivity index (χ3n) is 9.54. The van der Waals surface area contributed by atoms with Crippen molar-refractivity contribution in [3.63, 3.8) is 0 Å². The molecule has 2 fully saturated rings. The summed E-state index contributed by atoms with van der Waals surface area (Å²) in [5.74, 6) is -0.929. The average Bonchev–Trinajstić information content (AvgIpc) is 3.55. The van der Waals surface area contributed by atoms with Gasteiger partial charge < -0.3 is 24.0 Å². The molecule has 250 valence electrons. The monoisotopic (exact) mass is 664 g/mol. The number of hydrogen-bond donors (Lipinski definition) is 2. The van der Waals surface area contributed by atoms with Gasteiger partial charge in [0, 0.05) is 54.7 Å². The van der Waals surface area contributed by atoms with E-state index in [2.05, 4.69) is 4.72 Å². The smallest absolute Gasteiger partial charge is 0.328 e. The molecule has 2 N–H and O–H groups in total. The van der Waals surface area contributed by atoms with Gasteiger partial charge in [-0.3, -0.25) is 9.59 Å². The Morgan fingerprint density at radius 2 is 1.77 bits per heavy atom. The van der Waals surface area contributed by atoms with Gasteiger partial charge in [0.2, 0.25) is 0 Å². The first kappa shape index (κ1) is 32.7. The third kappa shape index (κ3) is 6.03. The van der Waals surface area contributed by atoms with Crippen LogP contribution >= 0.6 is 0 Å². The van der Waals surface area contributed by atoms with Gasteiger partial charge in [-0.2, -0.15) is 12.7 Å². The summed E-state index contributed by atoms with van der Waals surface area (Å²) in [6.45, 7) is 0.0914. The number of aliphatic hydroxyl groups excluding tert-OH is 1. The van der Waals surface area contributed by atoms with Crippen LogP contribution in [0.1, 0.15) is 65.9 Å². The van der Waals surface area contributed by atoms with Crippen molar-refractivity contribution in [1.82, 2.24) is 18.5 Å². The molecule has 2 unspecified atom stereocenters. The second-order valence-corrected chi connectivity index (χ2v) is 14.5. The van der Waals surface area contributed by atoms with Crippen LogP contribution in [0.3, 0.4) is 0 Å². The second-order valence-electron chi connectivity index (χ2n) is 12.6. The van der Waals surface area contributed by atoms with Gasteiger partial charge in [-0.25, -0.2) is 9.52 Å². The van der Waals surface area contributed by atoms with Crippen LogP contribution in [-0.4, -0.2) is 92.1 Å². The summed E-state index contributed by atoms with van der Waals surface area (Å²) < 4.78 is 40.6. The molecular weight excluding hydrogens is 624 g/mol. The van der Waals surface area contributed by atoms with Gasteiger partial charge in [-0.05, 0) is 66.3 Å². The van der Waals surface area contributed by atoms with E-state index >= 15 is 0 Å². The summed E-state index contributed by atoms with van der Waals surface area (Å²) in [6.07, 6.45) is 6.33. The number of likely N-dealkylation sites (tertiary alicyclic amines) is 1. The molecule has 2 aliphatic heterocycles. The first-order valence-electron chi connectivity index (χ1n) is 15.8. The lowest BCUT2D eigenvalue weighted by atomic mass is 9.81. The standard InChI is InChI=1S/C34H40N4O8S/c1-36(2)47(43,44)35-32(40)21-10-12-27-28(16-21)37-18-23(33(41)38-19-24(39)17-29(38)34(42)46-4)14-22-15-25(45-3)11-13-26(22)31(37)30(27)20-8-6-5-7-9-20/h10-16,20,24,29,39H,5-9,17-19H2,1-4H3,(H,35,40). The molecule has 0 radical (unpaired) electrons. The van der Waals surface area contributed by atoms with Gasteiger partial charge in [0.15, 0.2) is 0 Å². The van der Waals surface area contributed by atoms with Gasteiger partial charge in [0.1, 0.15) is 11.8 Å². The van der Waals surface area contributed by atoms with Gasteiger partial charge in [-0.1, -0.05) is 25.3 Å². The van der Waals surface area contributed by atoms with Gasteiger partial charge in [0.05, 0.1) is 32.6 Å². The number of fused-ring (bicyclic) bond motifs is 5. The highest BCUT2D eigenvalue weighted by Gasteiger charge is 2.41. The van der Waals surface area contributed by atoms with Crippen molar-refractivity contribution in [3.8, 4) is 17.0 Å². The fraction of sp³-hybridized carbons (Fsp3) is 0.441. The van der Waals surface area contributed by atoms with Crippen LogP contribution in [0.4, 0.5) is 0 Å². The lowest BCUT2D eigenvalue weighted by molar-refractivity contribution is -0.149. The summed E-state index contributed by atoms with van der Waals surface area (Å²) in [7, 11) is 1.48. The minimum absolute atomic E-state index is 0.0157. The number of esters is 1. The number of carbonyl (C=O) groups is 3. The Morgan fingerprint density at radius 1 is 1.02 bits per heavy atom. The van der Waals surface area contributed by atoms with Crippen LogP contribution < -0.4 is 9.46 Å². The fourth-order valence-electron chi connectivity index (χ4n) is 7.16.